The highest BCUT2D eigenvalue weighted by Crippen LogP contribution is 2.36. The molecule has 20 heavy (non-hydrogen) atoms. The molecule has 102 valence electrons. The SMILES string of the molecule is COC(=O)c1cc(-c2ccc3c(c2)OCO3)ccc1N. The predicted octanol–water partition coefficient (Wildman–Crippen LogP) is 2.45. The van der Waals surface area contributed by atoms with Crippen LogP contribution in [0.1, 0.15) is 10.4 Å². The molecule has 5 heteroatoms. The van der Waals surface area contributed by atoms with Gasteiger partial charge in [0, 0.05) is 5.69 Å². The second-order valence-corrected chi connectivity index (χ2v) is 4.36. The number of ether oxygens (including phenoxy) is 3. The van der Waals surface area contributed by atoms with Crippen LogP contribution in [0.25, 0.3) is 11.1 Å². The number of carbonyl (C=O) groups excluding carboxylic acids is 1. The maximum absolute atomic E-state index is 11.7. The molecule has 0 bridgehead atoms. The van der Waals surface area contributed by atoms with Crippen molar-refractivity contribution < 1.29 is 19.0 Å². The molecule has 0 saturated carbocycles. The number of benzene rings is 2. The van der Waals surface area contributed by atoms with Gasteiger partial charge in [-0.25, -0.2) is 4.79 Å². The third-order valence-electron chi connectivity index (χ3n) is 3.16. The van der Waals surface area contributed by atoms with Gasteiger partial charge in [0.15, 0.2) is 11.5 Å². The minimum absolute atomic E-state index is 0.230. The van der Waals surface area contributed by atoms with Crippen LogP contribution in [-0.2, 0) is 4.74 Å². The Morgan fingerprint density at radius 1 is 1.10 bits per heavy atom. The van der Waals surface area contributed by atoms with Gasteiger partial charge in [0.25, 0.3) is 0 Å². The number of rotatable bonds is 2. The third-order valence-corrected chi connectivity index (χ3v) is 3.16. The summed E-state index contributed by atoms with van der Waals surface area (Å²) >= 11 is 0. The molecule has 5 nitrogen and oxygen atoms in total. The molecule has 1 heterocycles. The molecular weight excluding hydrogens is 258 g/mol. The number of nitrogens with two attached hydrogens (primary N) is 1. The van der Waals surface area contributed by atoms with Gasteiger partial charge in [-0.05, 0) is 35.4 Å². The van der Waals surface area contributed by atoms with Gasteiger partial charge in [-0.3, -0.25) is 0 Å². The van der Waals surface area contributed by atoms with Gasteiger partial charge in [-0.1, -0.05) is 12.1 Å². The highest BCUT2D eigenvalue weighted by Gasteiger charge is 2.15. The van der Waals surface area contributed by atoms with Gasteiger partial charge in [-0.2, -0.15) is 0 Å². The van der Waals surface area contributed by atoms with E-state index < -0.39 is 5.97 Å². The Bertz CT molecular complexity index is 682. The zero-order valence-electron chi connectivity index (χ0n) is 10.9. The summed E-state index contributed by atoms with van der Waals surface area (Å²) in [5.41, 5.74) is 8.30. The summed E-state index contributed by atoms with van der Waals surface area (Å²) in [7, 11) is 1.33. The molecule has 0 radical (unpaired) electrons. The fourth-order valence-corrected chi connectivity index (χ4v) is 2.10. The Kier molecular flexibility index (Phi) is 2.95. The Balaban J connectivity index is 2.04. The molecule has 0 amide bonds. The normalized spacial score (nSPS) is 12.2. The van der Waals surface area contributed by atoms with E-state index in [0.29, 0.717) is 17.0 Å². The van der Waals surface area contributed by atoms with E-state index in [-0.39, 0.29) is 6.79 Å². The van der Waals surface area contributed by atoms with Gasteiger partial charge in [0.2, 0.25) is 6.79 Å². The highest BCUT2D eigenvalue weighted by molar-refractivity contribution is 5.96. The average molecular weight is 271 g/mol. The summed E-state index contributed by atoms with van der Waals surface area (Å²) < 4.78 is 15.3. The molecule has 1 aliphatic rings. The molecule has 2 aromatic carbocycles. The lowest BCUT2D eigenvalue weighted by Gasteiger charge is -2.08. The van der Waals surface area contributed by atoms with Gasteiger partial charge in [0.1, 0.15) is 0 Å². The van der Waals surface area contributed by atoms with E-state index in [1.165, 1.54) is 7.11 Å². The second-order valence-electron chi connectivity index (χ2n) is 4.36. The van der Waals surface area contributed by atoms with Crippen molar-refractivity contribution in [3.8, 4) is 22.6 Å². The van der Waals surface area contributed by atoms with E-state index in [4.69, 9.17) is 19.9 Å². The predicted molar refractivity (Wildman–Crippen MR) is 73.8 cm³/mol. The summed E-state index contributed by atoms with van der Waals surface area (Å²) in [6.45, 7) is 0.230. The first-order valence-electron chi connectivity index (χ1n) is 6.07. The first-order chi connectivity index (χ1) is 9.69. The Morgan fingerprint density at radius 3 is 2.60 bits per heavy atom. The van der Waals surface area contributed by atoms with Crippen LogP contribution in [0, 0.1) is 0 Å². The molecule has 0 spiro atoms. The summed E-state index contributed by atoms with van der Waals surface area (Å²) in [6, 6.07) is 10.9. The molecule has 0 aromatic heterocycles. The fourth-order valence-electron chi connectivity index (χ4n) is 2.10. The van der Waals surface area contributed by atoms with Gasteiger partial charge >= 0.3 is 5.97 Å². The number of nitrogen functional groups attached to an aromatic ring is 1. The van der Waals surface area contributed by atoms with Crippen LogP contribution in [0.2, 0.25) is 0 Å². The second kappa shape index (κ2) is 4.77. The minimum Gasteiger partial charge on any atom is -0.465 e. The van der Waals surface area contributed by atoms with Gasteiger partial charge < -0.3 is 19.9 Å². The van der Waals surface area contributed by atoms with Crippen molar-refractivity contribution in [2.45, 2.75) is 0 Å². The van der Waals surface area contributed by atoms with Crippen LogP contribution >= 0.6 is 0 Å². The highest BCUT2D eigenvalue weighted by atomic mass is 16.7. The molecule has 0 aliphatic carbocycles. The van der Waals surface area contributed by atoms with Gasteiger partial charge in [0.05, 0.1) is 12.7 Å². The van der Waals surface area contributed by atoms with Crippen LogP contribution in [-0.4, -0.2) is 19.9 Å². The molecule has 2 N–H and O–H groups in total. The zero-order chi connectivity index (χ0) is 14.1. The van der Waals surface area contributed by atoms with Crippen LogP contribution < -0.4 is 15.2 Å². The molecular formula is C15H13NO4. The van der Waals surface area contributed by atoms with Crippen LogP contribution in [0.3, 0.4) is 0 Å². The molecule has 1 aliphatic heterocycles. The number of methoxy groups -OCH3 is 1. The average Bonchev–Trinajstić information content (AvgIpc) is 2.94. The first-order valence-corrected chi connectivity index (χ1v) is 6.07. The minimum atomic E-state index is -0.454. The number of hydrogen-bond donors (Lipinski definition) is 1. The quantitative estimate of drug-likeness (QED) is 0.671. The molecule has 0 fully saturated rings. The number of anilines is 1. The lowest BCUT2D eigenvalue weighted by molar-refractivity contribution is 0.0602. The smallest absolute Gasteiger partial charge is 0.339 e. The first kappa shape index (κ1) is 12.3. The maximum atomic E-state index is 11.7. The van der Waals surface area contributed by atoms with E-state index >= 15 is 0 Å². The van der Waals surface area contributed by atoms with Gasteiger partial charge in [-0.15, -0.1) is 0 Å². The Morgan fingerprint density at radius 2 is 1.80 bits per heavy atom. The van der Waals surface area contributed by atoms with Crippen LogP contribution in [0.5, 0.6) is 11.5 Å². The number of fused-ring (bicyclic) bond motifs is 1. The van der Waals surface area contributed by atoms with Crippen molar-refractivity contribution in [2.24, 2.45) is 0 Å². The van der Waals surface area contributed by atoms with Crippen molar-refractivity contribution in [1.29, 1.82) is 0 Å². The number of esters is 1. The summed E-state index contributed by atoms with van der Waals surface area (Å²) in [6.07, 6.45) is 0. The van der Waals surface area contributed by atoms with Crippen molar-refractivity contribution >= 4 is 11.7 Å². The van der Waals surface area contributed by atoms with Crippen molar-refractivity contribution in [3.05, 3.63) is 42.0 Å². The molecule has 0 atom stereocenters. The van der Waals surface area contributed by atoms with Crippen molar-refractivity contribution in [3.63, 3.8) is 0 Å². The molecule has 0 unspecified atom stereocenters. The van der Waals surface area contributed by atoms with E-state index in [0.717, 1.165) is 16.9 Å². The van der Waals surface area contributed by atoms with Crippen molar-refractivity contribution in [2.75, 3.05) is 19.6 Å². The summed E-state index contributed by atoms with van der Waals surface area (Å²) in [5, 5.41) is 0. The topological polar surface area (TPSA) is 70.8 Å². The van der Waals surface area contributed by atoms with E-state index in [1.807, 2.05) is 24.3 Å². The van der Waals surface area contributed by atoms with Crippen molar-refractivity contribution in [1.82, 2.24) is 0 Å². The monoisotopic (exact) mass is 271 g/mol. The maximum Gasteiger partial charge on any atom is 0.339 e. The lowest BCUT2D eigenvalue weighted by Crippen LogP contribution is -2.05. The van der Waals surface area contributed by atoms with E-state index in [1.54, 1.807) is 12.1 Å². The largest absolute Gasteiger partial charge is 0.465 e. The van der Waals surface area contributed by atoms with E-state index in [9.17, 15) is 4.79 Å². The molecule has 2 aromatic rings. The zero-order valence-corrected chi connectivity index (χ0v) is 10.9. The third kappa shape index (κ3) is 2.03. The lowest BCUT2D eigenvalue weighted by atomic mass is 10.0. The fraction of sp³-hybridized carbons (Fsp3) is 0.133. The standard InChI is InChI=1S/C15H13NO4/c1-18-15(17)11-6-9(2-4-12(11)16)10-3-5-13-14(7-10)20-8-19-13/h2-7H,8,16H2,1H3. The van der Waals surface area contributed by atoms with E-state index in [2.05, 4.69) is 0 Å². The summed E-state index contributed by atoms with van der Waals surface area (Å²) in [5.74, 6) is 0.960. The summed E-state index contributed by atoms with van der Waals surface area (Å²) in [4.78, 5) is 11.7. The Labute approximate surface area is 115 Å². The molecule has 3 rings (SSSR count). The van der Waals surface area contributed by atoms with Crippen LogP contribution in [0.15, 0.2) is 36.4 Å². The Hall–Kier alpha value is -2.69. The molecule has 0 saturated heterocycles. The number of carbonyl (C=O) groups is 1. The number of hydrogen-bond acceptors (Lipinski definition) is 5. The van der Waals surface area contributed by atoms with Crippen LogP contribution in [0.4, 0.5) is 5.69 Å².